The van der Waals surface area contributed by atoms with Gasteiger partial charge in [0.2, 0.25) is 5.91 Å². The lowest BCUT2D eigenvalue weighted by atomic mass is 10.0. The zero-order chi connectivity index (χ0) is 18.4. The molecule has 138 valence electrons. The van der Waals surface area contributed by atoms with Crippen molar-refractivity contribution in [2.24, 2.45) is 0 Å². The van der Waals surface area contributed by atoms with Crippen LogP contribution in [0.5, 0.6) is 5.75 Å². The van der Waals surface area contributed by atoms with Crippen molar-refractivity contribution >= 4 is 22.8 Å². The second-order valence-electron chi connectivity index (χ2n) is 6.93. The summed E-state index contributed by atoms with van der Waals surface area (Å²) in [4.78, 5) is 14.7. The number of nitrogens with one attached hydrogen (secondary N) is 1. The number of ether oxygens (including phenoxy) is 1. The van der Waals surface area contributed by atoms with Gasteiger partial charge in [-0.3, -0.25) is 4.79 Å². The molecule has 0 saturated carbocycles. The maximum atomic E-state index is 12.2. The molecule has 0 radical (unpaired) electrons. The Labute approximate surface area is 155 Å². The molecule has 0 unspecified atom stereocenters. The van der Waals surface area contributed by atoms with E-state index in [1.54, 1.807) is 13.2 Å². The third-order valence-corrected chi connectivity index (χ3v) is 4.97. The SMILES string of the molecule is CCCN1CCC(NC(=O)/C=C/c2ccc3cc(OC)ccc3c2)CC1. The van der Waals surface area contributed by atoms with Crippen molar-refractivity contribution in [1.29, 1.82) is 0 Å². The van der Waals surface area contributed by atoms with Crippen molar-refractivity contribution in [3.63, 3.8) is 0 Å². The summed E-state index contributed by atoms with van der Waals surface area (Å²) in [6.07, 6.45) is 6.79. The number of hydrogen-bond donors (Lipinski definition) is 1. The second kappa shape index (κ2) is 8.86. The fourth-order valence-corrected chi connectivity index (χ4v) is 3.51. The zero-order valence-corrected chi connectivity index (χ0v) is 15.7. The molecule has 1 N–H and O–H groups in total. The molecule has 1 fully saturated rings. The smallest absolute Gasteiger partial charge is 0.244 e. The van der Waals surface area contributed by atoms with Crippen molar-refractivity contribution < 1.29 is 9.53 Å². The van der Waals surface area contributed by atoms with Crippen molar-refractivity contribution in [2.45, 2.75) is 32.2 Å². The average molecular weight is 352 g/mol. The maximum absolute atomic E-state index is 12.2. The molecule has 2 aromatic rings. The molecule has 3 rings (SSSR count). The number of nitrogens with zero attached hydrogens (tertiary/aromatic N) is 1. The molecule has 0 aliphatic carbocycles. The first kappa shape index (κ1) is 18.5. The van der Waals surface area contributed by atoms with Crippen molar-refractivity contribution in [3.05, 3.63) is 48.0 Å². The van der Waals surface area contributed by atoms with Gasteiger partial charge in [-0.15, -0.1) is 0 Å². The summed E-state index contributed by atoms with van der Waals surface area (Å²) in [6, 6.07) is 12.5. The van der Waals surface area contributed by atoms with E-state index in [9.17, 15) is 4.79 Å². The molecule has 1 aliphatic heterocycles. The molecule has 1 amide bonds. The third kappa shape index (κ3) is 4.85. The number of rotatable bonds is 6. The fraction of sp³-hybridized carbons (Fsp3) is 0.409. The van der Waals surface area contributed by atoms with Crippen LogP contribution in [0.3, 0.4) is 0 Å². The van der Waals surface area contributed by atoms with Crippen LogP contribution in [-0.2, 0) is 4.79 Å². The Morgan fingerprint density at radius 1 is 1.19 bits per heavy atom. The second-order valence-corrected chi connectivity index (χ2v) is 6.93. The van der Waals surface area contributed by atoms with E-state index in [2.05, 4.69) is 29.3 Å². The van der Waals surface area contributed by atoms with Gasteiger partial charge in [-0.2, -0.15) is 0 Å². The van der Waals surface area contributed by atoms with Crippen LogP contribution in [-0.4, -0.2) is 43.6 Å². The first-order chi connectivity index (χ1) is 12.7. The Morgan fingerprint density at radius 2 is 1.92 bits per heavy atom. The highest BCUT2D eigenvalue weighted by Crippen LogP contribution is 2.22. The van der Waals surface area contributed by atoms with Crippen molar-refractivity contribution in [1.82, 2.24) is 10.2 Å². The van der Waals surface area contributed by atoms with Gasteiger partial charge in [0.05, 0.1) is 7.11 Å². The van der Waals surface area contributed by atoms with E-state index < -0.39 is 0 Å². The lowest BCUT2D eigenvalue weighted by Crippen LogP contribution is -2.44. The molecular weight excluding hydrogens is 324 g/mol. The molecule has 2 aromatic carbocycles. The van der Waals surface area contributed by atoms with Gasteiger partial charge in [-0.25, -0.2) is 0 Å². The molecular formula is C22H28N2O2. The van der Waals surface area contributed by atoms with E-state index in [1.807, 2.05) is 30.3 Å². The predicted octanol–water partition coefficient (Wildman–Crippen LogP) is 3.85. The van der Waals surface area contributed by atoms with Gasteiger partial charge in [0.15, 0.2) is 0 Å². The van der Waals surface area contributed by atoms with Gasteiger partial charge in [0.1, 0.15) is 5.75 Å². The van der Waals surface area contributed by atoms with Gasteiger partial charge in [-0.05, 0) is 66.4 Å². The highest BCUT2D eigenvalue weighted by atomic mass is 16.5. The predicted molar refractivity (Wildman–Crippen MR) is 107 cm³/mol. The van der Waals surface area contributed by atoms with Crippen LogP contribution < -0.4 is 10.1 Å². The largest absolute Gasteiger partial charge is 0.497 e. The lowest BCUT2D eigenvalue weighted by Gasteiger charge is -2.31. The normalized spacial score (nSPS) is 16.2. The Hall–Kier alpha value is -2.33. The zero-order valence-electron chi connectivity index (χ0n) is 15.7. The van der Waals surface area contributed by atoms with E-state index in [1.165, 1.54) is 6.42 Å². The number of carbonyl (C=O) groups is 1. The summed E-state index contributed by atoms with van der Waals surface area (Å²) >= 11 is 0. The fourth-order valence-electron chi connectivity index (χ4n) is 3.51. The van der Waals surface area contributed by atoms with Gasteiger partial charge in [-0.1, -0.05) is 25.1 Å². The number of piperidine rings is 1. The number of hydrogen-bond acceptors (Lipinski definition) is 3. The minimum absolute atomic E-state index is 0.00577. The number of carbonyl (C=O) groups excluding carboxylic acids is 1. The molecule has 1 heterocycles. The van der Waals surface area contributed by atoms with Crippen LogP contribution in [0, 0.1) is 0 Å². The number of fused-ring (bicyclic) bond motifs is 1. The van der Waals surface area contributed by atoms with Crippen molar-refractivity contribution in [2.75, 3.05) is 26.7 Å². The molecule has 0 spiro atoms. The first-order valence-corrected chi connectivity index (χ1v) is 9.46. The van der Waals surface area contributed by atoms with E-state index in [4.69, 9.17) is 4.74 Å². The standard InChI is InChI=1S/C22H28N2O2/c1-3-12-24-13-10-20(11-14-24)23-22(25)9-5-17-4-6-19-16-21(26-2)8-7-18(19)15-17/h4-9,15-16,20H,3,10-14H2,1-2H3,(H,23,25)/b9-5+. The Kier molecular flexibility index (Phi) is 6.29. The minimum Gasteiger partial charge on any atom is -0.497 e. The monoisotopic (exact) mass is 352 g/mol. The summed E-state index contributed by atoms with van der Waals surface area (Å²) < 4.78 is 5.25. The summed E-state index contributed by atoms with van der Waals surface area (Å²) in [5.41, 5.74) is 1.02. The Morgan fingerprint density at radius 3 is 2.65 bits per heavy atom. The minimum atomic E-state index is -0.00577. The van der Waals surface area contributed by atoms with Crippen LogP contribution >= 0.6 is 0 Å². The molecule has 4 heteroatoms. The number of amides is 1. The molecule has 1 aliphatic rings. The number of methoxy groups -OCH3 is 1. The van der Waals surface area contributed by atoms with Crippen LogP contribution in [0.1, 0.15) is 31.7 Å². The lowest BCUT2D eigenvalue weighted by molar-refractivity contribution is -0.117. The van der Waals surface area contributed by atoms with Crippen LogP contribution in [0.4, 0.5) is 0 Å². The van der Waals surface area contributed by atoms with Crippen LogP contribution in [0.25, 0.3) is 16.8 Å². The molecule has 0 aromatic heterocycles. The molecule has 26 heavy (non-hydrogen) atoms. The molecule has 1 saturated heterocycles. The van der Waals surface area contributed by atoms with Gasteiger partial charge >= 0.3 is 0 Å². The van der Waals surface area contributed by atoms with Crippen LogP contribution in [0.15, 0.2) is 42.5 Å². The summed E-state index contributed by atoms with van der Waals surface area (Å²) in [6.45, 7) is 5.53. The summed E-state index contributed by atoms with van der Waals surface area (Å²) in [5.74, 6) is 0.846. The highest BCUT2D eigenvalue weighted by Gasteiger charge is 2.19. The number of benzene rings is 2. The van der Waals surface area contributed by atoms with E-state index in [0.29, 0.717) is 6.04 Å². The number of likely N-dealkylation sites (tertiary alicyclic amines) is 1. The van der Waals surface area contributed by atoms with Crippen LogP contribution in [0.2, 0.25) is 0 Å². The summed E-state index contributed by atoms with van der Waals surface area (Å²) in [5, 5.41) is 5.40. The first-order valence-electron chi connectivity index (χ1n) is 9.46. The van der Waals surface area contributed by atoms with Gasteiger partial charge in [0, 0.05) is 25.2 Å². The highest BCUT2D eigenvalue weighted by molar-refractivity contribution is 5.93. The van der Waals surface area contributed by atoms with Crippen molar-refractivity contribution in [3.8, 4) is 5.75 Å². The Bertz CT molecular complexity index is 777. The van der Waals surface area contributed by atoms with E-state index >= 15 is 0 Å². The Balaban J connectivity index is 1.55. The average Bonchev–Trinajstić information content (AvgIpc) is 2.67. The third-order valence-electron chi connectivity index (χ3n) is 4.97. The molecule has 0 atom stereocenters. The molecule has 0 bridgehead atoms. The van der Waals surface area contributed by atoms with E-state index in [0.717, 1.165) is 54.6 Å². The quantitative estimate of drug-likeness (QED) is 0.803. The topological polar surface area (TPSA) is 41.6 Å². The maximum Gasteiger partial charge on any atom is 0.244 e. The van der Waals surface area contributed by atoms with E-state index in [-0.39, 0.29) is 5.91 Å². The van der Waals surface area contributed by atoms with Gasteiger partial charge in [0.25, 0.3) is 0 Å². The summed E-state index contributed by atoms with van der Waals surface area (Å²) in [7, 11) is 1.67. The molecule has 4 nitrogen and oxygen atoms in total. The van der Waals surface area contributed by atoms with Gasteiger partial charge < -0.3 is 15.0 Å².